The van der Waals surface area contributed by atoms with Crippen LogP contribution in [-0.4, -0.2) is 44.1 Å². The lowest BCUT2D eigenvalue weighted by atomic mass is 10.0. The molecule has 0 N–H and O–H groups in total. The summed E-state index contributed by atoms with van der Waals surface area (Å²) in [6.45, 7) is 16.1. The van der Waals surface area contributed by atoms with Crippen molar-refractivity contribution in [1.29, 1.82) is 0 Å². The molecule has 2 aromatic carbocycles. The molecule has 1 unspecified atom stereocenters. The number of aromatic nitrogens is 3. The van der Waals surface area contributed by atoms with Gasteiger partial charge < -0.3 is 9.64 Å². The van der Waals surface area contributed by atoms with Crippen molar-refractivity contribution in [2.45, 2.75) is 39.7 Å². The van der Waals surface area contributed by atoms with E-state index in [1.807, 2.05) is 43.5 Å². The third kappa shape index (κ3) is 5.23. The maximum atomic E-state index is 12.5. The molecule has 1 aliphatic rings. The summed E-state index contributed by atoms with van der Waals surface area (Å²) >= 11 is 0. The lowest BCUT2D eigenvalue weighted by Crippen LogP contribution is -2.35. The number of hydrogen-bond donors (Lipinski definition) is 0. The van der Waals surface area contributed by atoms with Crippen molar-refractivity contribution in [2.24, 2.45) is 5.92 Å². The van der Waals surface area contributed by atoms with E-state index in [-0.39, 0.29) is 12.0 Å². The van der Waals surface area contributed by atoms with Crippen LogP contribution < -0.4 is 0 Å². The predicted octanol–water partition coefficient (Wildman–Crippen LogP) is 6.53. The Morgan fingerprint density at radius 3 is 2.50 bits per heavy atom. The van der Waals surface area contributed by atoms with Crippen molar-refractivity contribution in [2.75, 3.05) is 13.1 Å². The molecule has 38 heavy (non-hydrogen) atoms. The zero-order valence-corrected chi connectivity index (χ0v) is 22.0. The van der Waals surface area contributed by atoms with Gasteiger partial charge in [0.2, 0.25) is 0 Å². The Morgan fingerprint density at radius 1 is 1.11 bits per heavy atom. The maximum Gasteiger partial charge on any atom is 0.410 e. The summed E-state index contributed by atoms with van der Waals surface area (Å²) in [6, 6.07) is 15.8. The number of imidazole rings is 1. The van der Waals surface area contributed by atoms with Gasteiger partial charge in [0, 0.05) is 37.0 Å². The first-order valence-electron chi connectivity index (χ1n) is 12.6. The summed E-state index contributed by atoms with van der Waals surface area (Å²) in [5, 5.41) is 0. The molecule has 190 valence electrons. The fourth-order valence-corrected chi connectivity index (χ4v) is 4.49. The van der Waals surface area contributed by atoms with E-state index >= 15 is 0 Å². The van der Waals surface area contributed by atoms with Gasteiger partial charge in [-0.05, 0) is 45.6 Å². The second-order valence-corrected chi connectivity index (χ2v) is 10.5. The van der Waals surface area contributed by atoms with Crippen molar-refractivity contribution in [1.82, 2.24) is 19.3 Å². The Morgan fingerprint density at radius 2 is 1.82 bits per heavy atom. The molecule has 7 heteroatoms. The van der Waals surface area contributed by atoms with Crippen molar-refractivity contribution >= 4 is 17.4 Å². The molecule has 1 saturated heterocycles. The van der Waals surface area contributed by atoms with Crippen LogP contribution in [0.5, 0.6) is 0 Å². The molecule has 1 aliphatic heterocycles. The van der Waals surface area contributed by atoms with Crippen molar-refractivity contribution < 1.29 is 9.53 Å². The van der Waals surface area contributed by atoms with Gasteiger partial charge in [-0.3, -0.25) is 4.40 Å². The number of amides is 1. The Bertz CT molecular complexity index is 1590. The average Bonchev–Trinajstić information content (AvgIpc) is 3.57. The fourth-order valence-electron chi connectivity index (χ4n) is 4.49. The minimum absolute atomic E-state index is 0.0255. The van der Waals surface area contributed by atoms with Gasteiger partial charge in [-0.15, -0.1) is 0 Å². The highest BCUT2D eigenvalue weighted by atomic mass is 16.6. The Kier molecular flexibility index (Phi) is 6.61. The molecule has 2 aromatic heterocycles. The first-order chi connectivity index (χ1) is 18.2. The molecule has 1 atom stereocenters. The molecular weight excluding hydrogens is 474 g/mol. The Labute approximate surface area is 222 Å². The topological polar surface area (TPSA) is 64.1 Å². The van der Waals surface area contributed by atoms with E-state index in [1.54, 1.807) is 23.2 Å². The van der Waals surface area contributed by atoms with Crippen LogP contribution in [0.4, 0.5) is 10.5 Å². The van der Waals surface area contributed by atoms with E-state index in [0.717, 1.165) is 28.9 Å². The van der Waals surface area contributed by atoms with E-state index in [4.69, 9.17) is 16.3 Å². The van der Waals surface area contributed by atoms with E-state index in [1.165, 1.54) is 5.56 Å². The standard InChI is InChI=1S/C31H29N5O2/c1-21-6-9-24(10-7-21)28-27(23-11-13-25(32-5)14-12-23)34-26(29-33-17-19-36(28)29)15-8-22-16-18-35(20-22)30(37)38-31(2,3)4/h6-7,9-14,17,19,22H,16,18,20H2,1-4H3. The van der Waals surface area contributed by atoms with Gasteiger partial charge in [-0.2, -0.15) is 0 Å². The van der Waals surface area contributed by atoms with Crippen molar-refractivity contribution in [3.63, 3.8) is 0 Å². The van der Waals surface area contributed by atoms with Crippen LogP contribution in [0, 0.1) is 31.3 Å². The van der Waals surface area contributed by atoms with Gasteiger partial charge in [0.25, 0.3) is 0 Å². The largest absolute Gasteiger partial charge is 0.444 e. The molecule has 0 radical (unpaired) electrons. The highest BCUT2D eigenvalue weighted by Crippen LogP contribution is 2.33. The normalized spacial score (nSPS) is 15.1. The number of aryl methyl sites for hydroxylation is 1. The lowest BCUT2D eigenvalue weighted by molar-refractivity contribution is 0.0291. The van der Waals surface area contributed by atoms with Gasteiger partial charge in [0.05, 0.1) is 18.0 Å². The molecule has 7 nitrogen and oxygen atoms in total. The zero-order chi connectivity index (χ0) is 26.9. The summed E-state index contributed by atoms with van der Waals surface area (Å²) in [5.41, 5.74) is 6.05. The number of carbonyl (C=O) groups is 1. The molecule has 1 fully saturated rings. The number of fused-ring (bicyclic) bond motifs is 1. The smallest absolute Gasteiger partial charge is 0.410 e. The van der Waals surface area contributed by atoms with E-state index < -0.39 is 5.60 Å². The van der Waals surface area contributed by atoms with Gasteiger partial charge in [0.15, 0.2) is 17.0 Å². The van der Waals surface area contributed by atoms with Crippen LogP contribution in [0.3, 0.4) is 0 Å². The van der Waals surface area contributed by atoms with Gasteiger partial charge >= 0.3 is 6.09 Å². The molecule has 3 heterocycles. The van der Waals surface area contributed by atoms with Crippen LogP contribution in [-0.2, 0) is 4.74 Å². The van der Waals surface area contributed by atoms with Gasteiger partial charge in [-0.25, -0.2) is 19.6 Å². The van der Waals surface area contributed by atoms with Crippen molar-refractivity contribution in [3.05, 3.63) is 83.6 Å². The van der Waals surface area contributed by atoms with Crippen LogP contribution in [0.25, 0.3) is 33.0 Å². The van der Waals surface area contributed by atoms with E-state index in [2.05, 4.69) is 52.9 Å². The predicted molar refractivity (Wildman–Crippen MR) is 148 cm³/mol. The average molecular weight is 504 g/mol. The van der Waals surface area contributed by atoms with E-state index in [0.29, 0.717) is 30.1 Å². The summed E-state index contributed by atoms with van der Waals surface area (Å²) in [7, 11) is 0. The summed E-state index contributed by atoms with van der Waals surface area (Å²) in [6.07, 6.45) is 4.16. The number of likely N-dealkylation sites (tertiary alicyclic amines) is 1. The van der Waals surface area contributed by atoms with Crippen LogP contribution in [0.15, 0.2) is 60.9 Å². The fraction of sp³-hybridized carbons (Fsp3) is 0.290. The number of hydrogen-bond acceptors (Lipinski definition) is 4. The third-order valence-electron chi connectivity index (χ3n) is 6.37. The molecule has 1 amide bonds. The lowest BCUT2D eigenvalue weighted by Gasteiger charge is -2.24. The Balaban J connectivity index is 1.55. The van der Waals surface area contributed by atoms with E-state index in [9.17, 15) is 4.79 Å². The number of carbonyl (C=O) groups excluding carboxylic acids is 1. The molecule has 0 bridgehead atoms. The molecule has 0 saturated carbocycles. The maximum absolute atomic E-state index is 12.5. The number of nitrogens with zero attached hydrogens (tertiary/aromatic N) is 5. The molecule has 4 aromatic rings. The minimum atomic E-state index is -0.528. The third-order valence-corrected chi connectivity index (χ3v) is 6.37. The quantitative estimate of drug-likeness (QED) is 0.230. The Hall–Kier alpha value is -4.62. The number of ether oxygens (including phenoxy) is 1. The molecule has 0 aliphatic carbocycles. The van der Waals surface area contributed by atoms with Crippen LogP contribution in [0.2, 0.25) is 0 Å². The second-order valence-electron chi connectivity index (χ2n) is 10.5. The number of benzene rings is 2. The van der Waals surface area contributed by atoms with Crippen LogP contribution in [0.1, 0.15) is 38.4 Å². The summed E-state index contributed by atoms with van der Waals surface area (Å²) in [5.74, 6) is 6.63. The summed E-state index contributed by atoms with van der Waals surface area (Å²) < 4.78 is 7.55. The first kappa shape index (κ1) is 25.0. The monoisotopic (exact) mass is 503 g/mol. The van der Waals surface area contributed by atoms with Gasteiger partial charge in [0.1, 0.15) is 5.60 Å². The summed E-state index contributed by atoms with van der Waals surface area (Å²) in [4.78, 5) is 27.3. The van der Waals surface area contributed by atoms with Gasteiger partial charge in [-0.1, -0.05) is 60.0 Å². The second kappa shape index (κ2) is 10.0. The molecule has 5 rings (SSSR count). The van der Waals surface area contributed by atoms with Crippen molar-refractivity contribution in [3.8, 4) is 34.4 Å². The SMILES string of the molecule is [C-]#[N+]c1ccc(-c2nc(C#CC3CCN(C(=O)OC(C)(C)C)C3)c3nccn3c2-c2ccc(C)cc2)cc1. The van der Waals surface area contributed by atoms with Crippen LogP contribution >= 0.6 is 0 Å². The minimum Gasteiger partial charge on any atom is -0.444 e. The molecule has 0 spiro atoms. The zero-order valence-electron chi connectivity index (χ0n) is 22.0. The highest BCUT2D eigenvalue weighted by molar-refractivity contribution is 5.82. The highest BCUT2D eigenvalue weighted by Gasteiger charge is 2.29. The first-order valence-corrected chi connectivity index (χ1v) is 12.6. The molecular formula is C31H29N5O2. The number of rotatable bonds is 2.